The van der Waals surface area contributed by atoms with Crippen LogP contribution in [-0.2, 0) is 12.0 Å². The van der Waals surface area contributed by atoms with Crippen LogP contribution < -0.4 is 15.5 Å². The van der Waals surface area contributed by atoms with Crippen LogP contribution in [0.4, 0.5) is 5.69 Å². The van der Waals surface area contributed by atoms with Crippen molar-refractivity contribution in [3.63, 3.8) is 0 Å². The largest absolute Gasteiger partial charge is 0.369 e. The molecule has 1 aromatic heterocycles. The van der Waals surface area contributed by atoms with Crippen LogP contribution in [0.3, 0.4) is 0 Å². The molecule has 2 aromatic rings. The lowest BCUT2D eigenvalue weighted by Gasteiger charge is -2.20. The number of halogens is 1. The summed E-state index contributed by atoms with van der Waals surface area (Å²) in [7, 11) is 1.82. The van der Waals surface area contributed by atoms with Gasteiger partial charge in [0.15, 0.2) is 5.96 Å². The van der Waals surface area contributed by atoms with Gasteiger partial charge in [0, 0.05) is 42.7 Å². The van der Waals surface area contributed by atoms with Gasteiger partial charge in [-0.2, -0.15) is 0 Å². The van der Waals surface area contributed by atoms with Crippen molar-refractivity contribution in [2.45, 2.75) is 45.2 Å². The fourth-order valence-electron chi connectivity index (χ4n) is 3.04. The van der Waals surface area contributed by atoms with Crippen LogP contribution in [0.5, 0.6) is 0 Å². The van der Waals surface area contributed by atoms with Gasteiger partial charge in [-0.25, -0.2) is 4.98 Å². The molecule has 1 aromatic carbocycles. The highest BCUT2D eigenvalue weighted by Crippen LogP contribution is 2.24. The van der Waals surface area contributed by atoms with Crippen LogP contribution in [0.15, 0.2) is 40.7 Å². The zero-order valence-electron chi connectivity index (χ0n) is 16.5. The monoisotopic (exact) mass is 499 g/mol. The van der Waals surface area contributed by atoms with E-state index < -0.39 is 0 Å². The molecule has 0 spiro atoms. The topological polar surface area (TPSA) is 52.6 Å². The van der Waals surface area contributed by atoms with E-state index in [1.807, 2.05) is 7.05 Å². The van der Waals surface area contributed by atoms with Crippen LogP contribution in [0.1, 0.15) is 37.9 Å². The Kier molecular flexibility index (Phi) is 7.91. The molecule has 1 unspecified atom stereocenters. The van der Waals surface area contributed by atoms with Crippen LogP contribution >= 0.6 is 35.3 Å². The predicted molar refractivity (Wildman–Crippen MR) is 127 cm³/mol. The second-order valence-corrected chi connectivity index (χ2v) is 8.66. The first-order chi connectivity index (χ1) is 12.5. The fraction of sp³-hybridized carbons (Fsp3) is 0.500. The van der Waals surface area contributed by atoms with Crippen molar-refractivity contribution >= 4 is 47.0 Å². The quantitative estimate of drug-likeness (QED) is 0.380. The average molecular weight is 499 g/mol. The molecule has 1 saturated heterocycles. The van der Waals surface area contributed by atoms with E-state index in [9.17, 15) is 0 Å². The summed E-state index contributed by atoms with van der Waals surface area (Å²) in [4.78, 5) is 11.5. The fourth-order valence-corrected chi connectivity index (χ4v) is 4.00. The summed E-state index contributed by atoms with van der Waals surface area (Å²) >= 11 is 1.70. The Morgan fingerprint density at radius 2 is 2.04 bits per heavy atom. The van der Waals surface area contributed by atoms with Gasteiger partial charge in [-0.1, -0.05) is 39.0 Å². The van der Waals surface area contributed by atoms with Crippen LogP contribution in [0, 0.1) is 0 Å². The summed E-state index contributed by atoms with van der Waals surface area (Å²) in [5.74, 6) is 0.845. The van der Waals surface area contributed by atoms with Crippen molar-refractivity contribution < 1.29 is 0 Å². The molecular formula is C20H30IN5S. The highest BCUT2D eigenvalue weighted by Gasteiger charge is 2.23. The molecule has 2 heterocycles. The molecule has 0 radical (unpaired) electrons. The standard InChI is InChI=1S/C20H29N5S.HI/c1-20(2,3)17-14-26-18(24-17)12-22-19(21-4)23-15-10-11-25(13-15)16-8-6-5-7-9-16;/h5-9,14-15H,10-13H2,1-4H3,(H2,21,22,23);1H. The highest BCUT2D eigenvalue weighted by atomic mass is 127. The van der Waals surface area contributed by atoms with E-state index in [-0.39, 0.29) is 29.4 Å². The predicted octanol–water partition coefficient (Wildman–Crippen LogP) is 4.00. The summed E-state index contributed by atoms with van der Waals surface area (Å²) < 4.78 is 0. The van der Waals surface area contributed by atoms with Crippen LogP contribution in [0.2, 0.25) is 0 Å². The van der Waals surface area contributed by atoms with Gasteiger partial charge >= 0.3 is 0 Å². The van der Waals surface area contributed by atoms with E-state index in [0.717, 1.165) is 36.2 Å². The molecule has 1 atom stereocenters. The van der Waals surface area contributed by atoms with Crippen molar-refractivity contribution in [2.24, 2.45) is 4.99 Å². The summed E-state index contributed by atoms with van der Waals surface area (Å²) in [5.41, 5.74) is 2.54. The first kappa shape index (κ1) is 21.9. The Labute approximate surface area is 183 Å². The van der Waals surface area contributed by atoms with Gasteiger partial charge in [0.05, 0.1) is 12.2 Å². The number of rotatable bonds is 4. The molecule has 1 aliphatic rings. The number of anilines is 1. The number of nitrogens with zero attached hydrogens (tertiary/aromatic N) is 3. The smallest absolute Gasteiger partial charge is 0.191 e. The minimum Gasteiger partial charge on any atom is -0.369 e. The van der Waals surface area contributed by atoms with E-state index >= 15 is 0 Å². The van der Waals surface area contributed by atoms with Gasteiger partial charge in [0.25, 0.3) is 0 Å². The van der Waals surface area contributed by atoms with E-state index in [0.29, 0.717) is 12.6 Å². The number of para-hydroxylation sites is 1. The van der Waals surface area contributed by atoms with Crippen molar-refractivity contribution in [1.82, 2.24) is 15.6 Å². The average Bonchev–Trinajstić information content (AvgIpc) is 3.28. The number of thiazole rings is 1. The number of hydrogen-bond donors (Lipinski definition) is 2. The third-order valence-corrected chi connectivity index (χ3v) is 5.45. The molecule has 27 heavy (non-hydrogen) atoms. The lowest BCUT2D eigenvalue weighted by atomic mass is 9.93. The third kappa shape index (κ3) is 6.07. The number of guanidine groups is 1. The molecule has 0 amide bonds. The van der Waals surface area contributed by atoms with Crippen LogP contribution in [-0.4, -0.2) is 37.1 Å². The maximum absolute atomic E-state index is 4.74. The second-order valence-electron chi connectivity index (χ2n) is 7.71. The molecule has 148 valence electrons. The molecule has 5 nitrogen and oxygen atoms in total. The normalized spacial score (nSPS) is 17.6. The van der Waals surface area contributed by atoms with Gasteiger partial charge in [0.1, 0.15) is 5.01 Å². The number of hydrogen-bond acceptors (Lipinski definition) is 4. The molecule has 1 aliphatic heterocycles. The van der Waals surface area contributed by atoms with E-state index in [2.05, 4.69) is 77.0 Å². The summed E-state index contributed by atoms with van der Waals surface area (Å²) in [6.07, 6.45) is 1.11. The van der Waals surface area contributed by atoms with E-state index in [4.69, 9.17) is 4.98 Å². The van der Waals surface area contributed by atoms with Crippen molar-refractivity contribution in [2.75, 3.05) is 25.0 Å². The summed E-state index contributed by atoms with van der Waals surface area (Å²) in [5, 5.41) is 10.2. The zero-order valence-corrected chi connectivity index (χ0v) is 19.7. The molecule has 3 rings (SSSR count). The molecule has 2 N–H and O–H groups in total. The number of aromatic nitrogens is 1. The van der Waals surface area contributed by atoms with Gasteiger partial charge in [-0.3, -0.25) is 4.99 Å². The molecule has 7 heteroatoms. The second kappa shape index (κ2) is 9.73. The summed E-state index contributed by atoms with van der Waals surface area (Å²) in [6, 6.07) is 11.0. The van der Waals surface area contributed by atoms with Crippen molar-refractivity contribution in [3.8, 4) is 0 Å². The molecular weight excluding hydrogens is 469 g/mol. The maximum atomic E-state index is 4.74. The van der Waals surface area contributed by atoms with Crippen molar-refractivity contribution in [3.05, 3.63) is 46.4 Å². The Balaban J connectivity index is 0.00000261. The minimum atomic E-state index is 0. The Hall–Kier alpha value is -1.35. The zero-order chi connectivity index (χ0) is 18.6. The third-order valence-electron chi connectivity index (χ3n) is 4.60. The highest BCUT2D eigenvalue weighted by molar-refractivity contribution is 14.0. The first-order valence-corrected chi connectivity index (χ1v) is 10.1. The van der Waals surface area contributed by atoms with Gasteiger partial charge in [-0.15, -0.1) is 35.3 Å². The molecule has 0 aliphatic carbocycles. The SMILES string of the molecule is CN=C(NCc1nc(C(C)(C)C)cs1)NC1CCN(c2ccccc2)C1.I. The lowest BCUT2D eigenvalue weighted by Crippen LogP contribution is -2.44. The first-order valence-electron chi connectivity index (χ1n) is 9.18. The van der Waals surface area contributed by atoms with E-state index in [1.165, 1.54) is 5.69 Å². The summed E-state index contributed by atoms with van der Waals surface area (Å²) in [6.45, 7) is 9.35. The van der Waals surface area contributed by atoms with Gasteiger partial charge < -0.3 is 15.5 Å². The Morgan fingerprint density at radius 3 is 2.67 bits per heavy atom. The number of benzene rings is 1. The lowest BCUT2D eigenvalue weighted by molar-refractivity contribution is 0.570. The molecule has 1 fully saturated rings. The van der Waals surface area contributed by atoms with Crippen LogP contribution in [0.25, 0.3) is 0 Å². The molecule has 0 bridgehead atoms. The minimum absolute atomic E-state index is 0. The Morgan fingerprint density at radius 1 is 1.30 bits per heavy atom. The maximum Gasteiger partial charge on any atom is 0.191 e. The molecule has 0 saturated carbocycles. The van der Waals surface area contributed by atoms with E-state index in [1.54, 1.807) is 11.3 Å². The van der Waals surface area contributed by atoms with Crippen molar-refractivity contribution in [1.29, 1.82) is 0 Å². The van der Waals surface area contributed by atoms with Gasteiger partial charge in [-0.05, 0) is 18.6 Å². The number of nitrogens with one attached hydrogen (secondary N) is 2. The number of aliphatic imine (C=N–C) groups is 1. The van der Waals surface area contributed by atoms with Gasteiger partial charge in [0.2, 0.25) is 0 Å². The Bertz CT molecular complexity index is 738.